The Hall–Kier alpha value is -2.33. The fraction of sp³-hybridized carbons (Fsp3) is 0.286. The largest absolute Gasteiger partial charge is 0.293 e. The fourth-order valence-electron chi connectivity index (χ4n) is 2.16. The molecule has 0 fully saturated rings. The number of rotatable bonds is 3. The Morgan fingerprint density at radius 1 is 0.909 bits per heavy atom. The SMILES string of the molecule is CC(C)(C)c1ccc(CC#CCC(=O)c2ccccc2)cc1. The van der Waals surface area contributed by atoms with Gasteiger partial charge in [-0.25, -0.2) is 0 Å². The van der Waals surface area contributed by atoms with E-state index < -0.39 is 0 Å². The molecule has 0 aromatic heterocycles. The fourth-order valence-corrected chi connectivity index (χ4v) is 2.16. The smallest absolute Gasteiger partial charge is 0.174 e. The molecule has 2 aromatic carbocycles. The van der Waals surface area contributed by atoms with Gasteiger partial charge in [-0.3, -0.25) is 4.79 Å². The van der Waals surface area contributed by atoms with Crippen LogP contribution in [-0.4, -0.2) is 5.78 Å². The summed E-state index contributed by atoms with van der Waals surface area (Å²) in [6.07, 6.45) is 0.969. The van der Waals surface area contributed by atoms with Crippen LogP contribution in [0.3, 0.4) is 0 Å². The summed E-state index contributed by atoms with van der Waals surface area (Å²) < 4.78 is 0. The van der Waals surface area contributed by atoms with Gasteiger partial charge in [0.1, 0.15) is 0 Å². The molecule has 0 bridgehead atoms. The van der Waals surface area contributed by atoms with Crippen molar-refractivity contribution >= 4 is 5.78 Å². The number of ketones is 1. The van der Waals surface area contributed by atoms with Crippen LogP contribution in [0, 0.1) is 11.8 Å². The first-order chi connectivity index (χ1) is 10.5. The molecule has 0 unspecified atom stereocenters. The van der Waals surface area contributed by atoms with Crippen molar-refractivity contribution in [3.05, 3.63) is 71.3 Å². The molecule has 0 aliphatic heterocycles. The molecule has 2 aromatic rings. The summed E-state index contributed by atoms with van der Waals surface area (Å²) in [5, 5.41) is 0. The number of carbonyl (C=O) groups excluding carboxylic acids is 1. The van der Waals surface area contributed by atoms with Gasteiger partial charge in [-0.05, 0) is 16.5 Å². The maximum absolute atomic E-state index is 11.9. The molecule has 0 amide bonds. The molecular formula is C21H22O. The van der Waals surface area contributed by atoms with Gasteiger partial charge in [0.15, 0.2) is 5.78 Å². The van der Waals surface area contributed by atoms with Gasteiger partial charge in [0.05, 0.1) is 6.42 Å². The third-order valence-corrected chi connectivity index (χ3v) is 3.58. The van der Waals surface area contributed by atoms with Gasteiger partial charge in [-0.1, -0.05) is 87.2 Å². The van der Waals surface area contributed by atoms with Crippen molar-refractivity contribution in [2.24, 2.45) is 0 Å². The van der Waals surface area contributed by atoms with Gasteiger partial charge < -0.3 is 0 Å². The van der Waals surface area contributed by atoms with Crippen LogP contribution in [0.1, 0.15) is 48.7 Å². The Balaban J connectivity index is 1.90. The maximum Gasteiger partial charge on any atom is 0.174 e. The van der Waals surface area contributed by atoms with E-state index in [1.54, 1.807) is 0 Å². The first kappa shape index (κ1) is 16.0. The molecule has 0 heterocycles. The van der Waals surface area contributed by atoms with Gasteiger partial charge in [-0.15, -0.1) is 0 Å². The Morgan fingerprint density at radius 2 is 1.55 bits per heavy atom. The third-order valence-electron chi connectivity index (χ3n) is 3.58. The predicted octanol–water partition coefficient (Wildman–Crippen LogP) is 4.80. The minimum absolute atomic E-state index is 0.0798. The lowest BCUT2D eigenvalue weighted by atomic mass is 9.86. The summed E-state index contributed by atoms with van der Waals surface area (Å²) in [4.78, 5) is 11.9. The second kappa shape index (κ2) is 7.09. The summed E-state index contributed by atoms with van der Waals surface area (Å²) in [5.41, 5.74) is 3.41. The van der Waals surface area contributed by atoms with Crippen molar-refractivity contribution in [1.82, 2.24) is 0 Å². The van der Waals surface area contributed by atoms with E-state index in [0.29, 0.717) is 6.42 Å². The van der Waals surface area contributed by atoms with E-state index in [-0.39, 0.29) is 17.6 Å². The first-order valence-corrected chi connectivity index (χ1v) is 7.60. The molecule has 22 heavy (non-hydrogen) atoms. The highest BCUT2D eigenvalue weighted by Crippen LogP contribution is 2.22. The van der Waals surface area contributed by atoms with E-state index in [1.807, 2.05) is 30.3 Å². The molecule has 2 rings (SSSR count). The standard InChI is InChI=1S/C21H22O/c1-21(2,3)19-15-13-17(14-16-19)9-7-8-12-20(22)18-10-5-4-6-11-18/h4-6,10-11,13-16H,9,12H2,1-3H3. The molecule has 0 aliphatic carbocycles. The van der Waals surface area contributed by atoms with Gasteiger partial charge in [0.25, 0.3) is 0 Å². The average Bonchev–Trinajstić information content (AvgIpc) is 2.52. The number of hydrogen-bond acceptors (Lipinski definition) is 1. The number of hydrogen-bond donors (Lipinski definition) is 0. The topological polar surface area (TPSA) is 17.1 Å². The van der Waals surface area contributed by atoms with Crippen molar-refractivity contribution in [2.45, 2.75) is 39.0 Å². The van der Waals surface area contributed by atoms with Gasteiger partial charge >= 0.3 is 0 Å². The Bertz CT molecular complexity index is 677. The molecule has 1 nitrogen and oxygen atoms in total. The third kappa shape index (κ3) is 4.60. The molecule has 0 saturated carbocycles. The second-order valence-corrected chi connectivity index (χ2v) is 6.44. The second-order valence-electron chi connectivity index (χ2n) is 6.44. The molecule has 0 spiro atoms. The van der Waals surface area contributed by atoms with Crippen LogP contribution in [0.25, 0.3) is 0 Å². The Kier molecular flexibility index (Phi) is 5.17. The molecule has 0 N–H and O–H groups in total. The summed E-state index contributed by atoms with van der Waals surface area (Å²) in [6.45, 7) is 6.62. The molecule has 112 valence electrons. The summed E-state index contributed by atoms with van der Waals surface area (Å²) in [7, 11) is 0. The summed E-state index contributed by atoms with van der Waals surface area (Å²) in [6, 6.07) is 17.9. The van der Waals surface area contributed by atoms with E-state index in [9.17, 15) is 4.79 Å². The molecule has 1 heteroatoms. The number of Topliss-reactive ketones (excluding diaryl/α,β-unsaturated/α-hetero) is 1. The molecule has 0 radical (unpaired) electrons. The van der Waals surface area contributed by atoms with E-state index in [2.05, 4.69) is 56.9 Å². The Labute approximate surface area is 133 Å². The number of carbonyl (C=O) groups is 1. The molecule has 0 aliphatic rings. The quantitative estimate of drug-likeness (QED) is 0.586. The lowest BCUT2D eigenvalue weighted by molar-refractivity contribution is 0.0998. The average molecular weight is 290 g/mol. The van der Waals surface area contributed by atoms with E-state index in [0.717, 1.165) is 5.56 Å². The van der Waals surface area contributed by atoms with Crippen molar-refractivity contribution in [2.75, 3.05) is 0 Å². The van der Waals surface area contributed by atoms with Crippen LogP contribution >= 0.6 is 0 Å². The van der Waals surface area contributed by atoms with Gasteiger partial charge in [0, 0.05) is 12.0 Å². The maximum atomic E-state index is 11.9. The van der Waals surface area contributed by atoms with Crippen molar-refractivity contribution in [1.29, 1.82) is 0 Å². The zero-order valence-electron chi connectivity index (χ0n) is 13.5. The van der Waals surface area contributed by atoms with Crippen LogP contribution in [0.15, 0.2) is 54.6 Å². The lowest BCUT2D eigenvalue weighted by Gasteiger charge is -2.18. The highest BCUT2D eigenvalue weighted by molar-refractivity contribution is 5.97. The van der Waals surface area contributed by atoms with Gasteiger partial charge in [0.2, 0.25) is 0 Å². The minimum Gasteiger partial charge on any atom is -0.293 e. The summed E-state index contributed by atoms with van der Waals surface area (Å²) >= 11 is 0. The lowest BCUT2D eigenvalue weighted by Crippen LogP contribution is -2.10. The number of benzene rings is 2. The van der Waals surface area contributed by atoms with Crippen LogP contribution in [0.2, 0.25) is 0 Å². The molecule has 0 atom stereocenters. The van der Waals surface area contributed by atoms with Crippen LogP contribution in [0.5, 0.6) is 0 Å². The van der Waals surface area contributed by atoms with E-state index in [4.69, 9.17) is 0 Å². The highest BCUT2D eigenvalue weighted by Gasteiger charge is 2.12. The van der Waals surface area contributed by atoms with Crippen LogP contribution in [0.4, 0.5) is 0 Å². The first-order valence-electron chi connectivity index (χ1n) is 7.60. The van der Waals surface area contributed by atoms with E-state index in [1.165, 1.54) is 11.1 Å². The monoisotopic (exact) mass is 290 g/mol. The zero-order valence-corrected chi connectivity index (χ0v) is 13.5. The van der Waals surface area contributed by atoms with Crippen molar-refractivity contribution in [3.63, 3.8) is 0 Å². The van der Waals surface area contributed by atoms with Crippen LogP contribution in [-0.2, 0) is 11.8 Å². The van der Waals surface area contributed by atoms with E-state index >= 15 is 0 Å². The summed E-state index contributed by atoms with van der Waals surface area (Å²) in [5.74, 6) is 6.15. The minimum atomic E-state index is 0.0798. The van der Waals surface area contributed by atoms with Crippen molar-refractivity contribution < 1.29 is 4.79 Å². The Morgan fingerprint density at radius 3 is 2.14 bits per heavy atom. The zero-order chi connectivity index (χ0) is 16.0. The van der Waals surface area contributed by atoms with Crippen LogP contribution < -0.4 is 0 Å². The molecule has 0 saturated heterocycles. The predicted molar refractivity (Wildman–Crippen MR) is 92.0 cm³/mol. The molecular weight excluding hydrogens is 268 g/mol. The normalized spacial score (nSPS) is 10.7. The highest BCUT2D eigenvalue weighted by atomic mass is 16.1. The van der Waals surface area contributed by atoms with Gasteiger partial charge in [-0.2, -0.15) is 0 Å². The van der Waals surface area contributed by atoms with Crippen molar-refractivity contribution in [3.8, 4) is 11.8 Å².